The van der Waals surface area contributed by atoms with E-state index in [1.807, 2.05) is 25.1 Å². The minimum Gasteiger partial charge on any atom is -0.359 e. The average Bonchev–Trinajstić information content (AvgIpc) is 3.42. The molecule has 3 aromatic rings. The van der Waals surface area contributed by atoms with Gasteiger partial charge in [0.15, 0.2) is 5.13 Å². The van der Waals surface area contributed by atoms with Gasteiger partial charge in [-0.25, -0.2) is 13.4 Å². The van der Waals surface area contributed by atoms with Gasteiger partial charge in [0.05, 0.1) is 4.90 Å². The smallest absolute Gasteiger partial charge is 0.263 e. The summed E-state index contributed by atoms with van der Waals surface area (Å²) in [5, 5.41) is 2.74. The van der Waals surface area contributed by atoms with Gasteiger partial charge in [0.1, 0.15) is 6.04 Å². The van der Waals surface area contributed by atoms with Crippen LogP contribution in [0.15, 0.2) is 52.9 Å². The first kappa shape index (κ1) is 22.2. The molecule has 1 aromatic heterocycles. The molecule has 2 aliphatic rings. The van der Waals surface area contributed by atoms with Crippen LogP contribution in [-0.2, 0) is 21.2 Å². The molecule has 1 saturated heterocycles. The fourth-order valence-corrected chi connectivity index (χ4v) is 6.73. The molecule has 172 valence electrons. The number of fused-ring (bicyclic) bond motifs is 1. The van der Waals surface area contributed by atoms with Crippen molar-refractivity contribution in [3.05, 3.63) is 64.1 Å². The lowest BCUT2D eigenvalue weighted by Crippen LogP contribution is -2.44. The van der Waals surface area contributed by atoms with E-state index in [1.165, 1.54) is 23.0 Å². The van der Waals surface area contributed by atoms with Gasteiger partial charge in [-0.1, -0.05) is 11.6 Å². The van der Waals surface area contributed by atoms with E-state index in [-0.39, 0.29) is 16.8 Å². The molecule has 5 rings (SSSR count). The third-order valence-corrected chi connectivity index (χ3v) is 8.56. The summed E-state index contributed by atoms with van der Waals surface area (Å²) in [5.41, 5.74) is 3.73. The minimum atomic E-state index is -3.75. The van der Waals surface area contributed by atoms with Crippen molar-refractivity contribution in [3.8, 4) is 0 Å². The summed E-state index contributed by atoms with van der Waals surface area (Å²) in [6, 6.07) is 10.5. The molecule has 3 heterocycles. The van der Waals surface area contributed by atoms with E-state index in [4.69, 9.17) is 11.6 Å². The summed E-state index contributed by atoms with van der Waals surface area (Å²) < 4.78 is 27.9. The molecule has 0 radical (unpaired) electrons. The Morgan fingerprint density at radius 2 is 1.97 bits per heavy atom. The molecule has 0 bridgehead atoms. The largest absolute Gasteiger partial charge is 0.359 e. The van der Waals surface area contributed by atoms with Crippen molar-refractivity contribution in [2.45, 2.75) is 37.1 Å². The van der Waals surface area contributed by atoms with Gasteiger partial charge >= 0.3 is 0 Å². The van der Waals surface area contributed by atoms with Gasteiger partial charge in [0, 0.05) is 41.1 Å². The summed E-state index contributed by atoms with van der Waals surface area (Å²) in [7, 11) is -3.75. The average molecular weight is 503 g/mol. The summed E-state index contributed by atoms with van der Waals surface area (Å²) in [5.74, 6) is 0.0393. The number of nitrogens with zero attached hydrogens (tertiary/aromatic N) is 3. The van der Waals surface area contributed by atoms with Crippen molar-refractivity contribution >= 4 is 55.4 Å². The monoisotopic (exact) mass is 502 g/mol. The molecule has 2 aromatic carbocycles. The molecule has 10 heteroatoms. The highest BCUT2D eigenvalue weighted by Gasteiger charge is 2.38. The van der Waals surface area contributed by atoms with Crippen LogP contribution >= 0.6 is 22.9 Å². The Kier molecular flexibility index (Phi) is 5.80. The maximum absolute atomic E-state index is 13.4. The highest BCUT2D eigenvalue weighted by atomic mass is 35.5. The topological polar surface area (TPSA) is 82.6 Å². The first-order valence-electron chi connectivity index (χ1n) is 10.7. The number of hydrogen-bond acceptors (Lipinski definition) is 6. The predicted molar refractivity (Wildman–Crippen MR) is 132 cm³/mol. The van der Waals surface area contributed by atoms with Crippen LogP contribution in [0.5, 0.6) is 0 Å². The zero-order valence-electron chi connectivity index (χ0n) is 18.0. The van der Waals surface area contributed by atoms with E-state index >= 15 is 0 Å². The van der Waals surface area contributed by atoms with Gasteiger partial charge in [-0.05, 0) is 73.7 Å². The number of halogens is 1. The first-order valence-corrected chi connectivity index (χ1v) is 13.5. The van der Waals surface area contributed by atoms with E-state index < -0.39 is 10.0 Å². The van der Waals surface area contributed by atoms with Crippen LogP contribution in [0.25, 0.3) is 0 Å². The number of amides is 1. The number of sulfonamides is 1. The van der Waals surface area contributed by atoms with E-state index in [0.717, 1.165) is 36.3 Å². The molecule has 1 atom stereocenters. The number of rotatable bonds is 5. The fraction of sp³-hybridized carbons (Fsp3) is 0.304. The molecule has 7 nitrogen and oxygen atoms in total. The summed E-state index contributed by atoms with van der Waals surface area (Å²) >= 11 is 7.39. The number of aryl methyl sites for hydroxylation is 2. The Balaban J connectivity index is 1.38. The van der Waals surface area contributed by atoms with Crippen molar-refractivity contribution in [1.82, 2.24) is 4.98 Å². The van der Waals surface area contributed by atoms with Crippen molar-refractivity contribution in [3.63, 3.8) is 0 Å². The molecule has 2 aliphatic heterocycles. The molecule has 0 saturated carbocycles. The van der Waals surface area contributed by atoms with Crippen LogP contribution in [0.4, 0.5) is 16.5 Å². The number of hydrogen-bond donors (Lipinski definition) is 1. The standard InChI is InChI=1S/C23H23ClN4O3S2/c1-15-13-18(33(30,31)26-23-25-9-12-32-23)5-7-19(15)28-11-8-21(22(28)29)27-10-2-3-16-14-17(24)4-6-20(16)27/h4-7,9,12-14,21H,2-3,8,10-11H2,1H3,(H,25,26). The first-order chi connectivity index (χ1) is 15.8. The molecule has 1 N–H and O–H groups in total. The number of aromatic nitrogens is 1. The van der Waals surface area contributed by atoms with Gasteiger partial charge in [0.25, 0.3) is 10.0 Å². The maximum atomic E-state index is 13.4. The van der Waals surface area contributed by atoms with Gasteiger partial charge < -0.3 is 9.80 Å². The quantitative estimate of drug-likeness (QED) is 0.556. The Hall–Kier alpha value is -2.62. The number of anilines is 3. The number of thiazole rings is 1. The van der Waals surface area contributed by atoms with Crippen molar-refractivity contribution < 1.29 is 13.2 Å². The van der Waals surface area contributed by atoms with Gasteiger partial charge in [-0.2, -0.15) is 0 Å². The normalized spacial score (nSPS) is 18.5. The van der Waals surface area contributed by atoms with Crippen molar-refractivity contribution in [1.29, 1.82) is 0 Å². The number of carbonyl (C=O) groups is 1. The number of benzene rings is 2. The lowest BCUT2D eigenvalue weighted by Gasteiger charge is -2.35. The molecule has 0 spiro atoms. The SMILES string of the molecule is Cc1cc(S(=O)(=O)Nc2nccs2)ccc1N1CCC(N2CCCc3cc(Cl)ccc32)C1=O. The Bertz CT molecular complexity index is 1310. The Morgan fingerprint density at radius 1 is 1.15 bits per heavy atom. The van der Waals surface area contributed by atoms with Crippen LogP contribution in [0, 0.1) is 6.92 Å². The Morgan fingerprint density at radius 3 is 2.73 bits per heavy atom. The molecule has 0 aliphatic carbocycles. The second-order valence-corrected chi connectivity index (χ2v) is 11.3. The second kappa shape index (κ2) is 8.62. The second-order valence-electron chi connectivity index (χ2n) is 8.26. The van der Waals surface area contributed by atoms with E-state index in [2.05, 4.69) is 14.6 Å². The van der Waals surface area contributed by atoms with Crippen molar-refractivity contribution in [2.24, 2.45) is 0 Å². The highest BCUT2D eigenvalue weighted by Crippen LogP contribution is 2.35. The summed E-state index contributed by atoms with van der Waals surface area (Å²) in [4.78, 5) is 21.5. The number of nitrogens with one attached hydrogen (secondary N) is 1. The maximum Gasteiger partial charge on any atom is 0.263 e. The predicted octanol–water partition coefficient (Wildman–Crippen LogP) is 4.46. The van der Waals surface area contributed by atoms with Gasteiger partial charge in [-0.3, -0.25) is 9.52 Å². The van der Waals surface area contributed by atoms with Gasteiger partial charge in [0.2, 0.25) is 5.91 Å². The lowest BCUT2D eigenvalue weighted by molar-refractivity contribution is -0.118. The molecule has 1 amide bonds. The van der Waals surface area contributed by atoms with E-state index in [0.29, 0.717) is 23.1 Å². The number of carbonyl (C=O) groups excluding carboxylic acids is 1. The van der Waals surface area contributed by atoms with E-state index in [9.17, 15) is 13.2 Å². The Labute approximate surface area is 202 Å². The molecule has 1 unspecified atom stereocenters. The lowest BCUT2D eigenvalue weighted by atomic mass is 9.99. The van der Waals surface area contributed by atoms with Crippen molar-refractivity contribution in [2.75, 3.05) is 27.6 Å². The molecular formula is C23H23ClN4O3S2. The van der Waals surface area contributed by atoms with E-state index in [1.54, 1.807) is 28.6 Å². The van der Waals surface area contributed by atoms with Crippen LogP contribution in [0.3, 0.4) is 0 Å². The minimum absolute atomic E-state index is 0.0393. The highest BCUT2D eigenvalue weighted by molar-refractivity contribution is 7.93. The van der Waals surface area contributed by atoms with Crippen LogP contribution in [0.2, 0.25) is 5.02 Å². The summed E-state index contributed by atoms with van der Waals surface area (Å²) in [6.07, 6.45) is 4.20. The third-order valence-electron chi connectivity index (χ3n) is 6.17. The van der Waals surface area contributed by atoms with Crippen LogP contribution < -0.4 is 14.5 Å². The molecule has 1 fully saturated rings. The van der Waals surface area contributed by atoms with Crippen LogP contribution in [-0.4, -0.2) is 38.4 Å². The summed E-state index contributed by atoms with van der Waals surface area (Å²) in [6.45, 7) is 3.25. The zero-order chi connectivity index (χ0) is 23.2. The van der Waals surface area contributed by atoms with Gasteiger partial charge in [-0.15, -0.1) is 11.3 Å². The molecule has 33 heavy (non-hydrogen) atoms. The third kappa shape index (κ3) is 4.20. The molecular weight excluding hydrogens is 480 g/mol. The zero-order valence-corrected chi connectivity index (χ0v) is 20.4. The fourth-order valence-electron chi connectivity index (χ4n) is 4.66. The van der Waals surface area contributed by atoms with Crippen LogP contribution in [0.1, 0.15) is 24.0 Å².